The van der Waals surface area contributed by atoms with Gasteiger partial charge in [-0.25, -0.2) is 4.79 Å². The van der Waals surface area contributed by atoms with Crippen molar-refractivity contribution in [3.8, 4) is 10.7 Å². The molecule has 3 rings (SSSR count). The molecule has 9 heteroatoms. The largest absolute Gasteiger partial charge is 0.334 e. The van der Waals surface area contributed by atoms with E-state index in [1.807, 2.05) is 44.2 Å². The Balaban J connectivity index is 1.49. The third-order valence-electron chi connectivity index (χ3n) is 3.73. The van der Waals surface area contributed by atoms with Gasteiger partial charge in [-0.2, -0.15) is 0 Å². The maximum absolute atomic E-state index is 12.1. The van der Waals surface area contributed by atoms with Crippen molar-refractivity contribution in [2.24, 2.45) is 5.92 Å². The van der Waals surface area contributed by atoms with Crippen LogP contribution in [0.25, 0.3) is 10.7 Å². The Labute approximate surface area is 166 Å². The van der Waals surface area contributed by atoms with Gasteiger partial charge < -0.3 is 10.6 Å². The number of urea groups is 1. The highest BCUT2D eigenvalue weighted by molar-refractivity contribution is 7.18. The molecule has 0 aliphatic heterocycles. The summed E-state index contributed by atoms with van der Waals surface area (Å²) in [6, 6.07) is 12.4. The molecule has 0 aliphatic carbocycles. The predicted octanol–water partition coefficient (Wildman–Crippen LogP) is 3.52. The summed E-state index contributed by atoms with van der Waals surface area (Å²) in [7, 11) is 0. The van der Waals surface area contributed by atoms with Crippen molar-refractivity contribution in [1.82, 2.24) is 20.5 Å². The number of rotatable bonds is 6. The van der Waals surface area contributed by atoms with Crippen molar-refractivity contribution in [3.05, 3.63) is 54.2 Å². The molecule has 0 saturated heterocycles. The molecule has 0 aliphatic rings. The van der Waals surface area contributed by atoms with Crippen LogP contribution >= 0.6 is 11.3 Å². The summed E-state index contributed by atoms with van der Waals surface area (Å²) < 4.78 is 0. The smallest absolute Gasteiger partial charge is 0.321 e. The first-order valence-electron chi connectivity index (χ1n) is 8.71. The molecule has 3 N–H and O–H groups in total. The van der Waals surface area contributed by atoms with E-state index in [-0.39, 0.29) is 17.9 Å². The van der Waals surface area contributed by atoms with Crippen molar-refractivity contribution >= 4 is 34.1 Å². The zero-order valence-corrected chi connectivity index (χ0v) is 16.3. The van der Waals surface area contributed by atoms with E-state index < -0.39 is 0 Å². The lowest BCUT2D eigenvalue weighted by atomic mass is 10.1. The van der Waals surface area contributed by atoms with Crippen LogP contribution in [-0.2, 0) is 11.3 Å². The van der Waals surface area contributed by atoms with Gasteiger partial charge in [0.25, 0.3) is 0 Å². The van der Waals surface area contributed by atoms with Gasteiger partial charge in [0.15, 0.2) is 5.01 Å². The third kappa shape index (κ3) is 5.34. The molecule has 8 nitrogen and oxygen atoms in total. The van der Waals surface area contributed by atoms with Crippen molar-refractivity contribution in [1.29, 1.82) is 0 Å². The van der Waals surface area contributed by atoms with Gasteiger partial charge in [0.05, 0.1) is 0 Å². The monoisotopic (exact) mass is 396 g/mol. The zero-order chi connectivity index (χ0) is 19.9. The number of anilines is 2. The fraction of sp³-hybridized carbons (Fsp3) is 0.211. The zero-order valence-electron chi connectivity index (χ0n) is 15.5. The molecule has 2 aromatic heterocycles. The van der Waals surface area contributed by atoms with Crippen molar-refractivity contribution in [3.63, 3.8) is 0 Å². The predicted molar refractivity (Wildman–Crippen MR) is 109 cm³/mol. The lowest BCUT2D eigenvalue weighted by Crippen LogP contribution is -2.28. The summed E-state index contributed by atoms with van der Waals surface area (Å²) >= 11 is 1.25. The number of hydrogen-bond acceptors (Lipinski definition) is 6. The minimum absolute atomic E-state index is 0.0348. The van der Waals surface area contributed by atoms with Crippen LogP contribution < -0.4 is 16.0 Å². The molecular formula is C19H20N6O2S. The van der Waals surface area contributed by atoms with Crippen LogP contribution in [0, 0.1) is 5.92 Å². The van der Waals surface area contributed by atoms with Gasteiger partial charge in [0.2, 0.25) is 11.0 Å². The Bertz CT molecular complexity index is 941. The highest BCUT2D eigenvalue weighted by Crippen LogP contribution is 2.24. The normalized spacial score (nSPS) is 10.5. The number of amides is 3. The van der Waals surface area contributed by atoms with E-state index in [1.54, 1.807) is 18.3 Å². The quantitative estimate of drug-likeness (QED) is 0.591. The fourth-order valence-corrected chi connectivity index (χ4v) is 2.90. The highest BCUT2D eigenvalue weighted by Gasteiger charge is 2.10. The molecule has 144 valence electrons. The Kier molecular flexibility index (Phi) is 6.28. The summed E-state index contributed by atoms with van der Waals surface area (Å²) in [5.74, 6) is -0.115. The fourth-order valence-electron chi connectivity index (χ4n) is 2.18. The minimum Gasteiger partial charge on any atom is -0.334 e. The molecule has 3 aromatic rings. The number of benzene rings is 1. The van der Waals surface area contributed by atoms with Gasteiger partial charge in [0.1, 0.15) is 5.69 Å². The lowest BCUT2D eigenvalue weighted by molar-refractivity contribution is -0.118. The number of aromatic nitrogens is 3. The first-order valence-corrected chi connectivity index (χ1v) is 9.52. The van der Waals surface area contributed by atoms with Crippen molar-refractivity contribution in [2.45, 2.75) is 20.4 Å². The van der Waals surface area contributed by atoms with E-state index >= 15 is 0 Å². The van der Waals surface area contributed by atoms with Crippen LogP contribution in [0.4, 0.5) is 15.6 Å². The second kappa shape index (κ2) is 9.05. The number of nitrogens with one attached hydrogen (secondary N) is 3. The maximum Gasteiger partial charge on any atom is 0.321 e. The number of carbonyl (C=O) groups is 2. The van der Waals surface area contributed by atoms with Crippen molar-refractivity contribution < 1.29 is 9.59 Å². The first kappa shape index (κ1) is 19.4. The second-order valence-corrected chi connectivity index (χ2v) is 7.25. The SMILES string of the molecule is CC(C)C(=O)Nc1ccc(CNC(=O)Nc2nnc(-c3ccccn3)s2)cc1. The van der Waals surface area contributed by atoms with Gasteiger partial charge in [-0.05, 0) is 29.8 Å². The molecule has 2 heterocycles. The summed E-state index contributed by atoms with van der Waals surface area (Å²) in [4.78, 5) is 28.0. The Morgan fingerprint density at radius 1 is 1.04 bits per heavy atom. The average molecular weight is 396 g/mol. The molecule has 0 atom stereocenters. The van der Waals surface area contributed by atoms with Crippen LogP contribution in [0.15, 0.2) is 48.7 Å². The van der Waals surface area contributed by atoms with Gasteiger partial charge in [-0.3, -0.25) is 15.1 Å². The molecule has 0 unspecified atom stereocenters. The number of nitrogens with zero attached hydrogens (tertiary/aromatic N) is 3. The molecule has 1 aromatic carbocycles. The Morgan fingerprint density at radius 2 is 1.82 bits per heavy atom. The van der Waals surface area contributed by atoms with E-state index in [0.29, 0.717) is 22.4 Å². The lowest BCUT2D eigenvalue weighted by Gasteiger charge is -2.09. The van der Waals surface area contributed by atoms with Gasteiger partial charge in [-0.1, -0.05) is 43.4 Å². The van der Waals surface area contributed by atoms with Gasteiger partial charge in [-0.15, -0.1) is 10.2 Å². The second-order valence-electron chi connectivity index (χ2n) is 6.28. The molecule has 0 fully saturated rings. The molecule has 0 spiro atoms. The van der Waals surface area contributed by atoms with E-state index in [2.05, 4.69) is 31.1 Å². The van der Waals surface area contributed by atoms with Crippen molar-refractivity contribution in [2.75, 3.05) is 10.6 Å². The molecule has 0 bridgehead atoms. The highest BCUT2D eigenvalue weighted by atomic mass is 32.1. The topological polar surface area (TPSA) is 109 Å². The van der Waals surface area contributed by atoms with Crippen LogP contribution in [0.1, 0.15) is 19.4 Å². The first-order chi connectivity index (χ1) is 13.5. The van der Waals surface area contributed by atoms with Gasteiger partial charge >= 0.3 is 6.03 Å². The number of carbonyl (C=O) groups excluding carboxylic acids is 2. The Morgan fingerprint density at radius 3 is 2.50 bits per heavy atom. The third-order valence-corrected chi connectivity index (χ3v) is 4.59. The summed E-state index contributed by atoms with van der Waals surface area (Å²) in [6.07, 6.45) is 1.68. The molecule has 28 heavy (non-hydrogen) atoms. The minimum atomic E-state index is -0.374. The Hall–Kier alpha value is -3.33. The summed E-state index contributed by atoms with van der Waals surface area (Å²) in [5, 5.41) is 17.3. The van der Waals surface area contributed by atoms with Crippen LogP contribution in [0.3, 0.4) is 0 Å². The van der Waals surface area contributed by atoms with Crippen LogP contribution in [0.2, 0.25) is 0 Å². The number of hydrogen-bond donors (Lipinski definition) is 3. The molecule has 0 saturated carbocycles. The van der Waals surface area contributed by atoms with E-state index in [1.165, 1.54) is 11.3 Å². The summed E-state index contributed by atoms with van der Waals surface area (Å²) in [6.45, 7) is 4.02. The standard InChI is InChI=1S/C19H20N6O2S/c1-12(2)16(26)22-14-8-6-13(7-9-14)11-21-18(27)23-19-25-24-17(28-19)15-5-3-4-10-20-15/h3-10,12H,11H2,1-2H3,(H,22,26)(H2,21,23,25,27). The number of pyridine rings is 1. The van der Waals surface area contributed by atoms with E-state index in [0.717, 1.165) is 11.3 Å². The molecule has 3 amide bonds. The van der Waals surface area contributed by atoms with E-state index in [4.69, 9.17) is 0 Å². The van der Waals surface area contributed by atoms with Crippen LogP contribution in [-0.4, -0.2) is 27.1 Å². The van der Waals surface area contributed by atoms with Crippen LogP contribution in [0.5, 0.6) is 0 Å². The average Bonchev–Trinajstić information content (AvgIpc) is 3.16. The van der Waals surface area contributed by atoms with E-state index in [9.17, 15) is 9.59 Å². The summed E-state index contributed by atoms with van der Waals surface area (Å²) in [5.41, 5.74) is 2.34. The van der Waals surface area contributed by atoms with Gasteiger partial charge in [0, 0.05) is 24.3 Å². The molecular weight excluding hydrogens is 376 g/mol. The molecule has 0 radical (unpaired) electrons. The maximum atomic E-state index is 12.1.